The van der Waals surface area contributed by atoms with Gasteiger partial charge in [-0.15, -0.1) is 0 Å². The van der Waals surface area contributed by atoms with Crippen LogP contribution >= 0.6 is 0 Å². The molecule has 1 saturated carbocycles. The van der Waals surface area contributed by atoms with E-state index in [-0.39, 0.29) is 11.4 Å². The van der Waals surface area contributed by atoms with Gasteiger partial charge >= 0.3 is 0 Å². The molecule has 3 aliphatic rings. The zero-order chi connectivity index (χ0) is 10.9. The van der Waals surface area contributed by atoms with Crippen LogP contribution in [0.5, 0.6) is 0 Å². The van der Waals surface area contributed by atoms with E-state index in [1.54, 1.807) is 6.20 Å². The summed E-state index contributed by atoms with van der Waals surface area (Å²) in [6.07, 6.45) is 4.79. The van der Waals surface area contributed by atoms with Gasteiger partial charge in [-0.3, -0.25) is 9.69 Å². The molecule has 3 nitrogen and oxygen atoms in total. The normalized spacial score (nSPS) is 39.1. The second kappa shape index (κ2) is 2.47. The smallest absolute Gasteiger partial charge is 0.228 e. The maximum absolute atomic E-state index is 12.1. The molecule has 4 rings (SSSR count). The minimum Gasteiger partial charge on any atom is -0.290 e. The lowest BCUT2D eigenvalue weighted by Gasteiger charge is -2.56. The zero-order valence-electron chi connectivity index (χ0n) is 9.31. The van der Waals surface area contributed by atoms with Crippen molar-refractivity contribution >= 4 is 11.7 Å². The van der Waals surface area contributed by atoms with Gasteiger partial charge in [0.05, 0.1) is 5.54 Å². The summed E-state index contributed by atoms with van der Waals surface area (Å²) in [5.41, 5.74) is 1.34. The monoisotopic (exact) mass is 214 g/mol. The minimum atomic E-state index is 0.0476. The van der Waals surface area contributed by atoms with E-state index >= 15 is 0 Å². The highest BCUT2D eigenvalue weighted by Crippen LogP contribution is 2.64. The SMILES string of the molecule is C[C@@]12C3CCC(=O)N1c1ncccc1[C@@H]2C3. The Morgan fingerprint density at radius 3 is 3.31 bits per heavy atom. The van der Waals surface area contributed by atoms with E-state index in [0.717, 1.165) is 12.2 Å². The molecule has 0 radical (unpaired) electrons. The maximum atomic E-state index is 12.1. The van der Waals surface area contributed by atoms with E-state index in [0.29, 0.717) is 18.3 Å². The van der Waals surface area contributed by atoms with Crippen LogP contribution in [0.1, 0.15) is 37.7 Å². The van der Waals surface area contributed by atoms with Gasteiger partial charge in [-0.2, -0.15) is 0 Å². The molecular formula is C13H14N2O. The molecule has 2 fully saturated rings. The van der Waals surface area contributed by atoms with Gasteiger partial charge in [-0.05, 0) is 31.7 Å². The minimum absolute atomic E-state index is 0.0476. The molecule has 3 heteroatoms. The van der Waals surface area contributed by atoms with Gasteiger partial charge in [-0.1, -0.05) is 6.07 Å². The van der Waals surface area contributed by atoms with E-state index in [4.69, 9.17) is 0 Å². The van der Waals surface area contributed by atoms with Crippen LogP contribution in [-0.4, -0.2) is 16.4 Å². The third-order valence-corrected chi connectivity index (χ3v) is 4.89. The Morgan fingerprint density at radius 1 is 1.56 bits per heavy atom. The number of aromatic nitrogens is 1. The molecule has 0 bridgehead atoms. The summed E-state index contributed by atoms with van der Waals surface area (Å²) >= 11 is 0. The summed E-state index contributed by atoms with van der Waals surface area (Å²) in [6.45, 7) is 2.24. The summed E-state index contributed by atoms with van der Waals surface area (Å²) in [6, 6.07) is 4.12. The molecular weight excluding hydrogens is 200 g/mol. The molecule has 2 aliphatic heterocycles. The van der Waals surface area contributed by atoms with Crippen LogP contribution in [0, 0.1) is 5.92 Å². The lowest BCUT2D eigenvalue weighted by atomic mass is 9.56. The number of anilines is 1. The van der Waals surface area contributed by atoms with Gasteiger partial charge in [-0.25, -0.2) is 4.98 Å². The molecule has 82 valence electrons. The van der Waals surface area contributed by atoms with E-state index in [9.17, 15) is 4.79 Å². The Balaban J connectivity index is 1.96. The molecule has 0 spiro atoms. The predicted molar refractivity (Wildman–Crippen MR) is 60.2 cm³/mol. The fraction of sp³-hybridized carbons (Fsp3) is 0.538. The van der Waals surface area contributed by atoms with Crippen LogP contribution in [-0.2, 0) is 4.79 Å². The highest BCUT2D eigenvalue weighted by atomic mass is 16.2. The van der Waals surface area contributed by atoms with Crippen molar-refractivity contribution in [3.8, 4) is 0 Å². The predicted octanol–water partition coefficient (Wildman–Crippen LogP) is 2.08. The van der Waals surface area contributed by atoms with Gasteiger partial charge in [0, 0.05) is 24.1 Å². The molecule has 0 aromatic carbocycles. The number of fused-ring (bicyclic) bond motifs is 3. The number of hydrogen-bond acceptors (Lipinski definition) is 2. The second-order valence-electron chi connectivity index (χ2n) is 5.40. The van der Waals surface area contributed by atoms with Crippen molar-refractivity contribution < 1.29 is 4.79 Å². The fourth-order valence-electron chi connectivity index (χ4n) is 3.97. The Kier molecular flexibility index (Phi) is 1.35. The second-order valence-corrected chi connectivity index (χ2v) is 5.40. The van der Waals surface area contributed by atoms with Crippen molar-refractivity contribution in [1.29, 1.82) is 0 Å². The average Bonchev–Trinajstić information content (AvgIpc) is 2.51. The summed E-state index contributed by atoms with van der Waals surface area (Å²) in [7, 11) is 0. The summed E-state index contributed by atoms with van der Waals surface area (Å²) in [4.78, 5) is 18.5. The first-order valence-electron chi connectivity index (χ1n) is 6.01. The molecule has 1 aromatic rings. The van der Waals surface area contributed by atoms with Gasteiger partial charge in [0.15, 0.2) is 0 Å². The van der Waals surface area contributed by atoms with Crippen molar-refractivity contribution in [3.05, 3.63) is 23.9 Å². The third-order valence-electron chi connectivity index (χ3n) is 4.89. The summed E-state index contributed by atoms with van der Waals surface area (Å²) in [5.74, 6) is 2.41. The van der Waals surface area contributed by atoms with Crippen LogP contribution in [0.3, 0.4) is 0 Å². The zero-order valence-corrected chi connectivity index (χ0v) is 9.31. The molecule has 1 saturated heterocycles. The maximum Gasteiger partial charge on any atom is 0.228 e. The third kappa shape index (κ3) is 0.721. The first-order chi connectivity index (χ1) is 7.73. The fourth-order valence-corrected chi connectivity index (χ4v) is 3.97. The number of carbonyl (C=O) groups is 1. The lowest BCUT2D eigenvalue weighted by molar-refractivity contribution is -0.125. The van der Waals surface area contributed by atoms with E-state index in [2.05, 4.69) is 18.0 Å². The quantitative estimate of drug-likeness (QED) is 0.662. The van der Waals surface area contributed by atoms with Crippen LogP contribution in [0.4, 0.5) is 5.82 Å². The van der Waals surface area contributed by atoms with E-state index < -0.39 is 0 Å². The summed E-state index contributed by atoms with van der Waals surface area (Å²) < 4.78 is 0. The molecule has 3 atom stereocenters. The lowest BCUT2D eigenvalue weighted by Crippen LogP contribution is -2.64. The van der Waals surface area contributed by atoms with Gasteiger partial charge < -0.3 is 0 Å². The molecule has 0 N–H and O–H groups in total. The number of hydrogen-bond donors (Lipinski definition) is 0. The van der Waals surface area contributed by atoms with Crippen molar-refractivity contribution in [2.45, 2.75) is 37.6 Å². The van der Waals surface area contributed by atoms with Crippen LogP contribution in [0.2, 0.25) is 0 Å². The molecule has 1 amide bonds. The molecule has 1 aromatic heterocycles. The highest BCUT2D eigenvalue weighted by Gasteiger charge is 2.64. The molecule has 16 heavy (non-hydrogen) atoms. The molecule has 3 heterocycles. The topological polar surface area (TPSA) is 33.2 Å². The Bertz CT molecular complexity index is 498. The van der Waals surface area contributed by atoms with Gasteiger partial charge in [0.1, 0.15) is 5.82 Å². The van der Waals surface area contributed by atoms with Crippen LogP contribution in [0.15, 0.2) is 18.3 Å². The number of pyridine rings is 1. The largest absolute Gasteiger partial charge is 0.290 e. The van der Waals surface area contributed by atoms with Gasteiger partial charge in [0.25, 0.3) is 0 Å². The first kappa shape index (κ1) is 8.74. The Hall–Kier alpha value is -1.38. The number of amides is 1. The Morgan fingerprint density at radius 2 is 2.44 bits per heavy atom. The summed E-state index contributed by atoms with van der Waals surface area (Å²) in [5, 5.41) is 0. The van der Waals surface area contributed by atoms with Gasteiger partial charge in [0.2, 0.25) is 5.91 Å². The standard InChI is InChI=1S/C13H14N2O/c1-13-8-4-5-11(16)15(13)12-9(10(13)7-8)3-2-6-14-12/h2-3,6,8,10H,4-5,7H2,1H3/t8?,10-,13-/m0/s1. The van der Waals surface area contributed by atoms with Crippen molar-refractivity contribution in [2.24, 2.45) is 5.92 Å². The van der Waals surface area contributed by atoms with Crippen molar-refractivity contribution in [2.75, 3.05) is 4.90 Å². The Labute approximate surface area is 94.5 Å². The number of piperidine rings is 1. The number of carbonyl (C=O) groups excluding carboxylic acids is 1. The highest BCUT2D eigenvalue weighted by molar-refractivity contribution is 5.98. The van der Waals surface area contributed by atoms with E-state index in [1.807, 2.05) is 11.0 Å². The van der Waals surface area contributed by atoms with Crippen LogP contribution < -0.4 is 4.90 Å². The average molecular weight is 214 g/mol. The van der Waals surface area contributed by atoms with E-state index in [1.165, 1.54) is 12.0 Å². The van der Waals surface area contributed by atoms with Crippen LogP contribution in [0.25, 0.3) is 0 Å². The van der Waals surface area contributed by atoms with Crippen molar-refractivity contribution in [3.63, 3.8) is 0 Å². The molecule has 1 unspecified atom stereocenters. The molecule has 1 aliphatic carbocycles. The number of rotatable bonds is 0. The van der Waals surface area contributed by atoms with Crippen molar-refractivity contribution in [1.82, 2.24) is 4.98 Å². The first-order valence-corrected chi connectivity index (χ1v) is 6.01. The number of nitrogens with zero attached hydrogens (tertiary/aromatic N) is 2.